The van der Waals surface area contributed by atoms with Crippen LogP contribution in [0.5, 0.6) is 0 Å². The molecule has 0 radical (unpaired) electrons. The summed E-state index contributed by atoms with van der Waals surface area (Å²) in [4.78, 5) is 20.3. The van der Waals surface area contributed by atoms with E-state index < -0.39 is 0 Å². The second-order valence-corrected chi connectivity index (χ2v) is 5.01. The van der Waals surface area contributed by atoms with Gasteiger partial charge in [-0.3, -0.25) is 4.79 Å². The zero-order chi connectivity index (χ0) is 13.1. The van der Waals surface area contributed by atoms with E-state index in [2.05, 4.69) is 23.0 Å². The van der Waals surface area contributed by atoms with Crippen LogP contribution < -0.4 is 0 Å². The number of carbonyl (C=O) groups is 1. The molecule has 1 N–H and O–H groups in total. The Morgan fingerprint density at radius 2 is 2.39 bits per heavy atom. The number of rotatable bonds is 4. The number of nitrogens with zero attached hydrogens (tertiary/aromatic N) is 1. The molecule has 2 rings (SSSR count). The van der Waals surface area contributed by atoms with Crippen LogP contribution in [0.3, 0.4) is 0 Å². The molecule has 1 unspecified atom stereocenters. The highest BCUT2D eigenvalue weighted by Gasteiger charge is 2.22. The zero-order valence-electron chi connectivity index (χ0n) is 10.7. The first kappa shape index (κ1) is 12.8. The number of methoxy groups -OCH3 is 1. The quantitative estimate of drug-likeness (QED) is 0.863. The van der Waals surface area contributed by atoms with Crippen LogP contribution in [0.25, 0.3) is 10.6 Å². The summed E-state index contributed by atoms with van der Waals surface area (Å²) >= 11 is 1.66. The first-order chi connectivity index (χ1) is 8.67. The number of imidazole rings is 1. The van der Waals surface area contributed by atoms with E-state index in [9.17, 15) is 4.79 Å². The van der Waals surface area contributed by atoms with Gasteiger partial charge in [0.05, 0.1) is 23.9 Å². The number of thiophene rings is 1. The Kier molecular flexibility index (Phi) is 3.81. The highest BCUT2D eigenvalue weighted by atomic mass is 32.1. The van der Waals surface area contributed by atoms with Crippen LogP contribution in [-0.2, 0) is 9.53 Å². The van der Waals surface area contributed by atoms with Crippen LogP contribution in [-0.4, -0.2) is 23.0 Å². The number of aryl methyl sites for hydroxylation is 1. The van der Waals surface area contributed by atoms with Gasteiger partial charge in [-0.05, 0) is 30.4 Å². The molecule has 2 heterocycles. The minimum atomic E-state index is -0.316. The molecule has 18 heavy (non-hydrogen) atoms. The normalized spacial score (nSPS) is 12.4. The second kappa shape index (κ2) is 5.35. The zero-order valence-corrected chi connectivity index (χ0v) is 11.5. The molecule has 0 bridgehead atoms. The summed E-state index contributed by atoms with van der Waals surface area (Å²) in [6.45, 7) is 4.00. The predicted octanol–water partition coefficient (Wildman–Crippen LogP) is 3.11. The van der Waals surface area contributed by atoms with E-state index in [1.165, 1.54) is 12.7 Å². The van der Waals surface area contributed by atoms with Gasteiger partial charge >= 0.3 is 5.97 Å². The standard InChI is InChI=1S/C13H16N2O2S/c1-4-9(13(16)17-3)12-14-7-10(15-12)11-8(2)5-6-18-11/h5-7,9H,4H2,1-3H3,(H,14,15). The number of nitrogens with one attached hydrogen (secondary N) is 1. The lowest BCUT2D eigenvalue weighted by molar-refractivity contribution is -0.142. The van der Waals surface area contributed by atoms with Crippen LogP contribution >= 0.6 is 11.3 Å². The van der Waals surface area contributed by atoms with E-state index in [0.717, 1.165) is 10.6 Å². The van der Waals surface area contributed by atoms with Crippen molar-refractivity contribution in [2.24, 2.45) is 0 Å². The second-order valence-electron chi connectivity index (χ2n) is 4.10. The minimum absolute atomic E-state index is 0.249. The smallest absolute Gasteiger partial charge is 0.316 e. The van der Waals surface area contributed by atoms with E-state index in [0.29, 0.717) is 12.2 Å². The molecule has 2 aromatic heterocycles. The van der Waals surface area contributed by atoms with Gasteiger partial charge in [0.15, 0.2) is 0 Å². The molecule has 1 atom stereocenters. The van der Waals surface area contributed by atoms with E-state index in [4.69, 9.17) is 4.74 Å². The molecule has 0 saturated heterocycles. The minimum Gasteiger partial charge on any atom is -0.468 e. The van der Waals surface area contributed by atoms with Gasteiger partial charge in [-0.15, -0.1) is 11.3 Å². The Morgan fingerprint density at radius 1 is 1.61 bits per heavy atom. The van der Waals surface area contributed by atoms with Crippen molar-refractivity contribution >= 4 is 17.3 Å². The fourth-order valence-electron chi connectivity index (χ4n) is 1.89. The molecule has 5 heteroatoms. The van der Waals surface area contributed by atoms with Crippen molar-refractivity contribution in [1.29, 1.82) is 0 Å². The van der Waals surface area contributed by atoms with E-state index in [1.54, 1.807) is 17.5 Å². The topological polar surface area (TPSA) is 55.0 Å². The SMILES string of the molecule is CCC(C(=O)OC)c1ncc(-c2sccc2C)[nH]1. The molecule has 0 saturated carbocycles. The molecule has 0 aliphatic carbocycles. The van der Waals surface area contributed by atoms with Crippen LogP contribution in [0, 0.1) is 6.92 Å². The molecular weight excluding hydrogens is 248 g/mol. The third-order valence-corrected chi connectivity index (χ3v) is 3.98. The number of carbonyl (C=O) groups excluding carboxylic acids is 1. The third kappa shape index (κ3) is 2.31. The molecule has 96 valence electrons. The number of aromatic amines is 1. The van der Waals surface area contributed by atoms with Crippen LogP contribution in [0.4, 0.5) is 0 Å². The van der Waals surface area contributed by atoms with Gasteiger partial charge in [0.25, 0.3) is 0 Å². The average molecular weight is 264 g/mol. The van der Waals surface area contributed by atoms with E-state index in [1.807, 2.05) is 12.3 Å². The van der Waals surface area contributed by atoms with E-state index in [-0.39, 0.29) is 11.9 Å². The fraction of sp³-hybridized carbons (Fsp3) is 0.385. The van der Waals surface area contributed by atoms with Gasteiger partial charge in [0.1, 0.15) is 11.7 Å². The fourth-order valence-corrected chi connectivity index (χ4v) is 2.78. The lowest BCUT2D eigenvalue weighted by Gasteiger charge is -2.08. The highest BCUT2D eigenvalue weighted by molar-refractivity contribution is 7.13. The lowest BCUT2D eigenvalue weighted by Crippen LogP contribution is -2.14. The summed E-state index contributed by atoms with van der Waals surface area (Å²) in [6.07, 6.45) is 2.45. The van der Waals surface area contributed by atoms with Gasteiger partial charge in [-0.2, -0.15) is 0 Å². The van der Waals surface area contributed by atoms with Crippen molar-refractivity contribution in [2.45, 2.75) is 26.2 Å². The maximum absolute atomic E-state index is 11.6. The predicted molar refractivity (Wildman–Crippen MR) is 71.7 cm³/mol. The number of esters is 1. The largest absolute Gasteiger partial charge is 0.468 e. The summed E-state index contributed by atoms with van der Waals surface area (Å²) < 4.78 is 4.79. The molecule has 0 aliphatic heterocycles. The monoisotopic (exact) mass is 264 g/mol. The van der Waals surface area contributed by atoms with Crippen molar-refractivity contribution < 1.29 is 9.53 Å². The summed E-state index contributed by atoms with van der Waals surface area (Å²) in [5.41, 5.74) is 2.17. The van der Waals surface area contributed by atoms with Crippen molar-refractivity contribution in [2.75, 3.05) is 7.11 Å². The first-order valence-electron chi connectivity index (χ1n) is 5.84. The summed E-state index contributed by atoms with van der Waals surface area (Å²) in [5, 5.41) is 2.04. The summed E-state index contributed by atoms with van der Waals surface area (Å²) in [6, 6.07) is 2.07. The Labute approximate surface area is 110 Å². The molecule has 2 aromatic rings. The van der Waals surface area contributed by atoms with Gasteiger partial charge in [-0.25, -0.2) is 4.98 Å². The van der Waals surface area contributed by atoms with Crippen molar-refractivity contribution in [3.8, 4) is 10.6 Å². The number of aromatic nitrogens is 2. The van der Waals surface area contributed by atoms with Gasteiger partial charge < -0.3 is 9.72 Å². The Balaban J connectivity index is 2.30. The average Bonchev–Trinajstić information content (AvgIpc) is 2.98. The third-order valence-electron chi connectivity index (χ3n) is 2.93. The molecule has 4 nitrogen and oxygen atoms in total. The van der Waals surface area contributed by atoms with Gasteiger partial charge in [0, 0.05) is 0 Å². The van der Waals surface area contributed by atoms with Crippen LogP contribution in [0.1, 0.15) is 30.7 Å². The van der Waals surface area contributed by atoms with Gasteiger partial charge in [0.2, 0.25) is 0 Å². The Bertz CT molecular complexity index is 545. The van der Waals surface area contributed by atoms with Crippen molar-refractivity contribution in [3.63, 3.8) is 0 Å². The number of H-pyrrole nitrogens is 1. The lowest BCUT2D eigenvalue weighted by atomic mass is 10.1. The number of hydrogen-bond donors (Lipinski definition) is 1. The summed E-state index contributed by atoms with van der Waals surface area (Å²) in [5.74, 6) is 0.109. The molecule has 0 aliphatic rings. The van der Waals surface area contributed by atoms with E-state index >= 15 is 0 Å². The molecule has 0 amide bonds. The Hall–Kier alpha value is -1.62. The van der Waals surface area contributed by atoms with Crippen LogP contribution in [0.2, 0.25) is 0 Å². The van der Waals surface area contributed by atoms with Crippen LogP contribution in [0.15, 0.2) is 17.6 Å². The highest BCUT2D eigenvalue weighted by Crippen LogP contribution is 2.29. The first-order valence-corrected chi connectivity index (χ1v) is 6.72. The molecule has 0 fully saturated rings. The number of ether oxygens (including phenoxy) is 1. The maximum Gasteiger partial charge on any atom is 0.316 e. The van der Waals surface area contributed by atoms with Crippen molar-refractivity contribution in [3.05, 3.63) is 29.0 Å². The summed E-state index contributed by atoms with van der Waals surface area (Å²) in [7, 11) is 1.40. The van der Waals surface area contributed by atoms with Gasteiger partial charge in [-0.1, -0.05) is 6.92 Å². The maximum atomic E-state index is 11.6. The Morgan fingerprint density at radius 3 is 2.94 bits per heavy atom. The number of hydrogen-bond acceptors (Lipinski definition) is 4. The molecular formula is C13H16N2O2S. The molecule has 0 spiro atoms. The molecule has 0 aromatic carbocycles. The van der Waals surface area contributed by atoms with Crippen molar-refractivity contribution in [1.82, 2.24) is 9.97 Å².